The Labute approximate surface area is 183 Å². The van der Waals surface area contributed by atoms with Crippen molar-refractivity contribution >= 4 is 34.0 Å². The van der Waals surface area contributed by atoms with Crippen LogP contribution in [-0.2, 0) is 12.8 Å². The van der Waals surface area contributed by atoms with Crippen LogP contribution in [0.2, 0.25) is 0 Å². The van der Waals surface area contributed by atoms with Gasteiger partial charge in [-0.3, -0.25) is 0 Å². The second-order valence-corrected chi connectivity index (χ2v) is 9.14. The summed E-state index contributed by atoms with van der Waals surface area (Å²) in [4.78, 5) is 13.3. The number of hydrogen-bond donors (Lipinski definition) is 2. The highest BCUT2D eigenvalue weighted by Crippen LogP contribution is 2.31. The second kappa shape index (κ2) is 7.16. The number of aromatic amines is 1. The van der Waals surface area contributed by atoms with E-state index in [2.05, 4.69) is 57.9 Å². The Hall–Kier alpha value is -3.26. The molecule has 0 spiro atoms. The summed E-state index contributed by atoms with van der Waals surface area (Å²) in [5, 5.41) is 11.6. The molecule has 4 aromatic heterocycles. The van der Waals surface area contributed by atoms with Gasteiger partial charge < -0.3 is 10.3 Å². The van der Waals surface area contributed by atoms with Crippen LogP contribution in [0.25, 0.3) is 27.9 Å². The molecule has 2 N–H and O–H groups in total. The summed E-state index contributed by atoms with van der Waals surface area (Å²) in [5.41, 5.74) is 6.91. The van der Waals surface area contributed by atoms with Gasteiger partial charge in [-0.05, 0) is 48.3 Å². The van der Waals surface area contributed by atoms with Gasteiger partial charge >= 0.3 is 0 Å². The standard InChI is InChI=1S/C23H23N7S/c1-13(2)18-11-24-30-22(18)28-21(14-10-25-31-12-14)29-23(30)26-15-7-8-20-17(9-15)16-5-3-4-6-19(16)27-20/h3-6,10-13,15,27H,7-9H2,1-2H3,(H,26,28,29). The Morgan fingerprint density at radius 3 is 2.94 bits per heavy atom. The molecular weight excluding hydrogens is 406 g/mol. The van der Waals surface area contributed by atoms with Gasteiger partial charge in [-0.1, -0.05) is 32.0 Å². The first kappa shape index (κ1) is 18.5. The van der Waals surface area contributed by atoms with Crippen LogP contribution in [0.3, 0.4) is 0 Å². The van der Waals surface area contributed by atoms with E-state index in [-0.39, 0.29) is 6.04 Å². The summed E-state index contributed by atoms with van der Waals surface area (Å²) >= 11 is 1.41. The number of H-pyrrole nitrogens is 1. The molecule has 0 bridgehead atoms. The van der Waals surface area contributed by atoms with Gasteiger partial charge in [0.1, 0.15) is 0 Å². The lowest BCUT2D eigenvalue weighted by Gasteiger charge is -2.24. The number of fused-ring (bicyclic) bond motifs is 4. The van der Waals surface area contributed by atoms with Crippen molar-refractivity contribution in [3.05, 3.63) is 58.9 Å². The Kier molecular flexibility index (Phi) is 4.27. The maximum atomic E-state index is 4.85. The van der Waals surface area contributed by atoms with Crippen LogP contribution in [0.5, 0.6) is 0 Å². The minimum Gasteiger partial charge on any atom is -0.358 e. The van der Waals surface area contributed by atoms with Crippen LogP contribution in [0.1, 0.15) is 43.0 Å². The van der Waals surface area contributed by atoms with Crippen molar-refractivity contribution in [2.45, 2.75) is 45.1 Å². The normalized spacial score (nSPS) is 16.3. The predicted octanol–water partition coefficient (Wildman–Crippen LogP) is 4.82. The van der Waals surface area contributed by atoms with Crippen LogP contribution >= 0.6 is 11.5 Å². The van der Waals surface area contributed by atoms with Crippen LogP contribution in [0.4, 0.5) is 5.95 Å². The van der Waals surface area contributed by atoms with E-state index in [1.807, 2.05) is 22.3 Å². The molecular formula is C23H23N7S. The summed E-state index contributed by atoms with van der Waals surface area (Å²) in [6.07, 6.45) is 6.75. The molecule has 6 rings (SSSR count). The number of benzene rings is 1. The van der Waals surface area contributed by atoms with E-state index in [0.29, 0.717) is 11.7 Å². The molecule has 5 aromatic rings. The fourth-order valence-corrected chi connectivity index (χ4v) is 5.03. The van der Waals surface area contributed by atoms with Gasteiger partial charge in [0.25, 0.3) is 0 Å². The van der Waals surface area contributed by atoms with Gasteiger partial charge in [-0.15, -0.1) is 0 Å². The molecule has 0 saturated carbocycles. The molecule has 31 heavy (non-hydrogen) atoms. The third-order valence-corrected chi connectivity index (χ3v) is 6.72. The third kappa shape index (κ3) is 3.09. The number of para-hydroxylation sites is 1. The molecule has 1 unspecified atom stereocenters. The smallest absolute Gasteiger partial charge is 0.228 e. The highest BCUT2D eigenvalue weighted by atomic mass is 32.1. The Balaban J connectivity index is 1.40. The molecule has 1 aliphatic carbocycles. The second-order valence-electron chi connectivity index (χ2n) is 8.49. The van der Waals surface area contributed by atoms with Gasteiger partial charge in [-0.25, -0.2) is 9.36 Å². The van der Waals surface area contributed by atoms with Gasteiger partial charge in [0.15, 0.2) is 11.5 Å². The van der Waals surface area contributed by atoms with Crippen molar-refractivity contribution < 1.29 is 0 Å². The average molecular weight is 430 g/mol. The average Bonchev–Trinajstić information content (AvgIpc) is 3.51. The molecule has 0 fully saturated rings. The van der Waals surface area contributed by atoms with E-state index in [1.54, 1.807) is 0 Å². The fraction of sp³-hybridized carbons (Fsp3) is 0.304. The maximum absolute atomic E-state index is 4.85. The third-order valence-electron chi connectivity index (χ3n) is 6.14. The summed E-state index contributed by atoms with van der Waals surface area (Å²) in [6, 6.07) is 8.84. The van der Waals surface area contributed by atoms with E-state index in [9.17, 15) is 0 Å². The van der Waals surface area contributed by atoms with E-state index in [1.165, 1.54) is 33.7 Å². The van der Waals surface area contributed by atoms with Crippen LogP contribution < -0.4 is 5.32 Å². The summed E-state index contributed by atoms with van der Waals surface area (Å²) < 4.78 is 6.08. The van der Waals surface area contributed by atoms with Crippen molar-refractivity contribution in [1.29, 1.82) is 0 Å². The first-order chi connectivity index (χ1) is 15.2. The number of anilines is 1. The number of aromatic nitrogens is 6. The molecule has 156 valence electrons. The molecule has 0 aliphatic heterocycles. The summed E-state index contributed by atoms with van der Waals surface area (Å²) in [5.74, 6) is 1.76. The molecule has 8 heteroatoms. The monoisotopic (exact) mass is 429 g/mol. The van der Waals surface area contributed by atoms with Gasteiger partial charge in [0, 0.05) is 33.6 Å². The van der Waals surface area contributed by atoms with Crippen LogP contribution in [0.15, 0.2) is 42.0 Å². The maximum Gasteiger partial charge on any atom is 0.228 e. The largest absolute Gasteiger partial charge is 0.358 e. The first-order valence-electron chi connectivity index (χ1n) is 10.7. The zero-order chi connectivity index (χ0) is 20.9. The van der Waals surface area contributed by atoms with Crippen molar-refractivity contribution in [1.82, 2.24) is 28.9 Å². The SMILES string of the molecule is CC(C)c1cnn2c(NC3CCc4[nH]c5ccccc5c4C3)nc(-c3cnsc3)nc12. The Morgan fingerprint density at radius 1 is 1.19 bits per heavy atom. The highest BCUT2D eigenvalue weighted by molar-refractivity contribution is 7.03. The minimum atomic E-state index is 0.282. The van der Waals surface area contributed by atoms with Crippen molar-refractivity contribution in [3.63, 3.8) is 0 Å². The zero-order valence-electron chi connectivity index (χ0n) is 17.5. The number of aryl methyl sites for hydroxylation is 1. The summed E-state index contributed by atoms with van der Waals surface area (Å²) in [7, 11) is 0. The lowest BCUT2D eigenvalue weighted by molar-refractivity contribution is 0.599. The van der Waals surface area contributed by atoms with Crippen molar-refractivity contribution in [3.8, 4) is 11.4 Å². The number of nitrogens with one attached hydrogen (secondary N) is 2. The molecule has 7 nitrogen and oxygen atoms in total. The van der Waals surface area contributed by atoms with Gasteiger partial charge in [-0.2, -0.15) is 14.6 Å². The van der Waals surface area contributed by atoms with Gasteiger partial charge in [0.2, 0.25) is 5.95 Å². The topological polar surface area (TPSA) is 83.8 Å². The fourth-order valence-electron chi connectivity index (χ4n) is 4.51. The molecule has 0 amide bonds. The lowest BCUT2D eigenvalue weighted by Crippen LogP contribution is -2.29. The lowest BCUT2D eigenvalue weighted by atomic mass is 9.91. The molecule has 0 radical (unpaired) electrons. The number of hydrogen-bond acceptors (Lipinski definition) is 6. The van der Waals surface area contributed by atoms with Gasteiger partial charge in [0.05, 0.1) is 18.0 Å². The zero-order valence-corrected chi connectivity index (χ0v) is 18.3. The molecule has 4 heterocycles. The first-order valence-corrected chi connectivity index (χ1v) is 11.5. The quantitative estimate of drug-likeness (QED) is 0.428. The van der Waals surface area contributed by atoms with E-state index in [4.69, 9.17) is 9.97 Å². The van der Waals surface area contributed by atoms with Crippen molar-refractivity contribution in [2.75, 3.05) is 5.32 Å². The van der Waals surface area contributed by atoms with E-state index in [0.717, 1.165) is 42.0 Å². The van der Waals surface area contributed by atoms with Crippen LogP contribution in [0, 0.1) is 0 Å². The molecule has 1 aromatic carbocycles. The van der Waals surface area contributed by atoms with Crippen molar-refractivity contribution in [2.24, 2.45) is 0 Å². The highest BCUT2D eigenvalue weighted by Gasteiger charge is 2.24. The Morgan fingerprint density at radius 2 is 2.10 bits per heavy atom. The van der Waals surface area contributed by atoms with Crippen LogP contribution in [-0.4, -0.2) is 35.0 Å². The Bertz CT molecular complexity index is 1380. The summed E-state index contributed by atoms with van der Waals surface area (Å²) in [6.45, 7) is 4.33. The molecule has 1 aliphatic rings. The predicted molar refractivity (Wildman–Crippen MR) is 124 cm³/mol. The van der Waals surface area contributed by atoms with E-state index < -0.39 is 0 Å². The molecule has 1 atom stereocenters. The number of nitrogens with zero attached hydrogens (tertiary/aromatic N) is 5. The van der Waals surface area contributed by atoms with E-state index >= 15 is 0 Å². The number of rotatable bonds is 4. The molecule has 0 saturated heterocycles. The minimum absolute atomic E-state index is 0.282.